The molecule has 0 heterocycles. The molecule has 0 aromatic carbocycles. The highest BCUT2D eigenvalue weighted by molar-refractivity contribution is 7.80. The molecular weight excluding hydrogens is 182 g/mol. The van der Waals surface area contributed by atoms with Crippen molar-refractivity contribution in [1.29, 1.82) is 0 Å². The van der Waals surface area contributed by atoms with Crippen LogP contribution in [0.2, 0.25) is 0 Å². The normalized spacial score (nSPS) is 34.2. The lowest BCUT2D eigenvalue weighted by Gasteiger charge is -2.39. The van der Waals surface area contributed by atoms with Gasteiger partial charge >= 0.3 is 0 Å². The van der Waals surface area contributed by atoms with E-state index >= 15 is 0 Å². The Hall–Kier alpha value is -0.350. The second kappa shape index (κ2) is 4.24. The fourth-order valence-electron chi connectivity index (χ4n) is 2.11. The molecule has 3 atom stereocenters. The summed E-state index contributed by atoms with van der Waals surface area (Å²) in [4.78, 5) is 0. The van der Waals surface area contributed by atoms with Crippen molar-refractivity contribution in [2.45, 2.75) is 39.2 Å². The van der Waals surface area contributed by atoms with Crippen LogP contribution in [-0.2, 0) is 0 Å². The highest BCUT2D eigenvalue weighted by atomic mass is 32.1. The Labute approximate surface area is 85.4 Å². The van der Waals surface area contributed by atoms with Crippen molar-refractivity contribution in [3.8, 4) is 0 Å². The van der Waals surface area contributed by atoms with Crippen LogP contribution < -0.4 is 11.6 Å². The summed E-state index contributed by atoms with van der Waals surface area (Å²) in [7, 11) is 0. The summed E-state index contributed by atoms with van der Waals surface area (Å²) in [5, 5.41) is 1.88. The standard InChI is InChI=1S/C9H19N3S/c1-6-4-3-5-8(7(6)2)12(11)9(10)13/h6-8H,3-5,11H2,1-2H3,(H2,10,13). The molecule has 13 heavy (non-hydrogen) atoms. The molecule has 0 bridgehead atoms. The van der Waals surface area contributed by atoms with Crippen LogP contribution in [0.4, 0.5) is 0 Å². The quantitative estimate of drug-likeness (QED) is 0.381. The molecule has 4 N–H and O–H groups in total. The minimum atomic E-state index is 0.311. The molecule has 0 aromatic heterocycles. The second-order valence-corrected chi connectivity index (χ2v) is 4.50. The van der Waals surface area contributed by atoms with Crippen molar-refractivity contribution in [1.82, 2.24) is 5.01 Å². The Morgan fingerprint density at radius 3 is 2.54 bits per heavy atom. The molecule has 3 nitrogen and oxygen atoms in total. The zero-order valence-corrected chi connectivity index (χ0v) is 9.18. The molecule has 0 spiro atoms. The van der Waals surface area contributed by atoms with Gasteiger partial charge in [-0.3, -0.25) is 5.01 Å². The maximum absolute atomic E-state index is 5.81. The fraction of sp³-hybridized carbons (Fsp3) is 0.889. The zero-order valence-electron chi connectivity index (χ0n) is 8.36. The first-order chi connectivity index (χ1) is 6.04. The van der Waals surface area contributed by atoms with Gasteiger partial charge in [-0.15, -0.1) is 0 Å². The van der Waals surface area contributed by atoms with E-state index in [0.717, 1.165) is 12.3 Å². The number of nitrogens with zero attached hydrogens (tertiary/aromatic N) is 1. The number of rotatable bonds is 1. The molecule has 1 fully saturated rings. The zero-order chi connectivity index (χ0) is 10.0. The molecule has 0 aromatic rings. The third kappa shape index (κ3) is 2.31. The van der Waals surface area contributed by atoms with Crippen LogP contribution in [0.3, 0.4) is 0 Å². The van der Waals surface area contributed by atoms with E-state index in [2.05, 4.69) is 13.8 Å². The van der Waals surface area contributed by atoms with Gasteiger partial charge in [0, 0.05) is 0 Å². The van der Waals surface area contributed by atoms with E-state index in [1.807, 2.05) is 0 Å². The molecule has 1 rings (SSSR count). The van der Waals surface area contributed by atoms with Gasteiger partial charge in [-0.05, 0) is 30.5 Å². The molecule has 76 valence electrons. The monoisotopic (exact) mass is 201 g/mol. The van der Waals surface area contributed by atoms with E-state index < -0.39 is 0 Å². The summed E-state index contributed by atoms with van der Waals surface area (Å²) in [6.07, 6.45) is 3.63. The van der Waals surface area contributed by atoms with Gasteiger partial charge in [0.15, 0.2) is 5.11 Å². The highest BCUT2D eigenvalue weighted by Crippen LogP contribution is 2.31. The smallest absolute Gasteiger partial charge is 0.180 e. The van der Waals surface area contributed by atoms with Gasteiger partial charge in [-0.1, -0.05) is 26.7 Å². The predicted molar refractivity (Wildman–Crippen MR) is 58.8 cm³/mol. The van der Waals surface area contributed by atoms with Crippen molar-refractivity contribution in [2.75, 3.05) is 0 Å². The summed E-state index contributed by atoms with van der Waals surface area (Å²) in [6, 6.07) is 0.334. The van der Waals surface area contributed by atoms with Gasteiger partial charge in [0.25, 0.3) is 0 Å². The molecule has 1 aliphatic rings. The van der Waals surface area contributed by atoms with Crippen LogP contribution in [0.1, 0.15) is 33.1 Å². The van der Waals surface area contributed by atoms with Crippen LogP contribution in [0, 0.1) is 11.8 Å². The van der Waals surface area contributed by atoms with Crippen molar-refractivity contribution in [3.63, 3.8) is 0 Å². The average Bonchev–Trinajstić information content (AvgIpc) is 2.08. The van der Waals surface area contributed by atoms with Gasteiger partial charge < -0.3 is 5.73 Å². The van der Waals surface area contributed by atoms with Crippen LogP contribution in [0.15, 0.2) is 0 Å². The van der Waals surface area contributed by atoms with Crippen molar-refractivity contribution < 1.29 is 0 Å². The predicted octanol–water partition coefficient (Wildman–Crippen LogP) is 1.23. The summed E-state index contributed by atoms with van der Waals surface area (Å²) >= 11 is 4.87. The SMILES string of the molecule is CC1CCCC(N(N)C(N)=S)C1C. The van der Waals surface area contributed by atoms with Crippen molar-refractivity contribution in [3.05, 3.63) is 0 Å². The average molecular weight is 201 g/mol. The Morgan fingerprint density at radius 1 is 1.38 bits per heavy atom. The maximum atomic E-state index is 5.81. The minimum Gasteiger partial charge on any atom is -0.375 e. The van der Waals surface area contributed by atoms with Crippen LogP contribution in [-0.4, -0.2) is 16.2 Å². The Bertz CT molecular complexity index is 195. The molecule has 0 saturated heterocycles. The van der Waals surface area contributed by atoms with Crippen LogP contribution >= 0.6 is 12.2 Å². The number of hydrazine groups is 1. The number of thiocarbonyl (C=S) groups is 1. The molecule has 1 aliphatic carbocycles. The molecule has 1 saturated carbocycles. The van der Waals surface area contributed by atoms with Gasteiger partial charge in [-0.25, -0.2) is 5.84 Å². The number of hydrogen-bond acceptors (Lipinski definition) is 2. The summed E-state index contributed by atoms with van der Waals surface area (Å²) in [5.41, 5.74) is 5.51. The number of nitrogens with two attached hydrogens (primary N) is 2. The van der Waals surface area contributed by atoms with Gasteiger partial charge in [-0.2, -0.15) is 0 Å². The van der Waals surface area contributed by atoms with E-state index in [1.54, 1.807) is 5.01 Å². The maximum Gasteiger partial charge on any atom is 0.180 e. The first-order valence-corrected chi connectivity index (χ1v) is 5.28. The van der Waals surface area contributed by atoms with E-state index in [1.165, 1.54) is 12.8 Å². The topological polar surface area (TPSA) is 55.3 Å². The van der Waals surface area contributed by atoms with Crippen molar-refractivity contribution in [2.24, 2.45) is 23.4 Å². The molecule has 4 heteroatoms. The van der Waals surface area contributed by atoms with Crippen LogP contribution in [0.5, 0.6) is 0 Å². The Morgan fingerprint density at radius 2 is 2.00 bits per heavy atom. The first kappa shape index (κ1) is 10.7. The third-order valence-electron chi connectivity index (χ3n) is 3.28. The lowest BCUT2D eigenvalue weighted by Crippen LogP contribution is -2.53. The van der Waals surface area contributed by atoms with E-state index in [-0.39, 0.29) is 0 Å². The van der Waals surface area contributed by atoms with Gasteiger partial charge in [0.05, 0.1) is 6.04 Å². The first-order valence-electron chi connectivity index (χ1n) is 4.87. The van der Waals surface area contributed by atoms with E-state index in [0.29, 0.717) is 17.1 Å². The molecule has 0 radical (unpaired) electrons. The van der Waals surface area contributed by atoms with Gasteiger partial charge in [0.1, 0.15) is 0 Å². The fourth-order valence-corrected chi connectivity index (χ4v) is 2.25. The number of hydrogen-bond donors (Lipinski definition) is 2. The highest BCUT2D eigenvalue weighted by Gasteiger charge is 2.30. The molecule has 0 amide bonds. The molecule has 3 unspecified atom stereocenters. The van der Waals surface area contributed by atoms with Crippen molar-refractivity contribution >= 4 is 17.3 Å². The van der Waals surface area contributed by atoms with Gasteiger partial charge in [0.2, 0.25) is 0 Å². The largest absolute Gasteiger partial charge is 0.375 e. The summed E-state index contributed by atoms with van der Waals surface area (Å²) < 4.78 is 0. The molecular formula is C9H19N3S. The van der Waals surface area contributed by atoms with E-state index in [9.17, 15) is 0 Å². The lowest BCUT2D eigenvalue weighted by molar-refractivity contribution is 0.136. The second-order valence-electron chi connectivity index (χ2n) is 4.08. The Balaban J connectivity index is 2.62. The summed E-state index contributed by atoms with van der Waals surface area (Å²) in [6.45, 7) is 4.50. The van der Waals surface area contributed by atoms with Crippen LogP contribution in [0.25, 0.3) is 0 Å². The van der Waals surface area contributed by atoms with E-state index in [4.69, 9.17) is 23.8 Å². The molecule has 0 aliphatic heterocycles. The third-order valence-corrected chi connectivity index (χ3v) is 3.49. The lowest BCUT2D eigenvalue weighted by atomic mass is 9.78. The summed E-state index contributed by atoms with van der Waals surface area (Å²) in [5.74, 6) is 7.12. The Kier molecular flexibility index (Phi) is 3.50. The minimum absolute atomic E-state index is 0.311.